The molecule has 4 nitrogen and oxygen atoms in total. The van der Waals surface area contributed by atoms with Gasteiger partial charge in [-0.1, -0.05) is 6.92 Å². The summed E-state index contributed by atoms with van der Waals surface area (Å²) in [7, 11) is 0. The summed E-state index contributed by atoms with van der Waals surface area (Å²) < 4.78 is 18.5. The number of rotatable bonds is 4. The van der Waals surface area contributed by atoms with Crippen molar-refractivity contribution in [2.24, 2.45) is 0 Å². The van der Waals surface area contributed by atoms with Crippen LogP contribution in [-0.2, 0) is 17.8 Å². The lowest BCUT2D eigenvalue weighted by molar-refractivity contribution is 0.0467. The summed E-state index contributed by atoms with van der Waals surface area (Å²) in [6, 6.07) is 5.97. The summed E-state index contributed by atoms with van der Waals surface area (Å²) in [6.45, 7) is 3.87. The van der Waals surface area contributed by atoms with E-state index in [1.54, 1.807) is 30.4 Å². The molecule has 0 unspecified atom stereocenters. The minimum Gasteiger partial charge on any atom is -0.455 e. The second kappa shape index (κ2) is 6.42. The number of hydrogen-bond donors (Lipinski definition) is 0. The van der Waals surface area contributed by atoms with Crippen molar-refractivity contribution in [1.82, 2.24) is 9.97 Å². The van der Waals surface area contributed by atoms with E-state index in [-0.39, 0.29) is 12.4 Å². The normalized spacial score (nSPS) is 10.9. The Hall–Kier alpha value is -2.34. The van der Waals surface area contributed by atoms with Crippen LogP contribution < -0.4 is 0 Å². The summed E-state index contributed by atoms with van der Waals surface area (Å²) in [5, 5.41) is 3.60. The van der Waals surface area contributed by atoms with Crippen molar-refractivity contribution in [3.8, 4) is 0 Å². The summed E-state index contributed by atoms with van der Waals surface area (Å²) >= 11 is 1.55. The molecule has 23 heavy (non-hydrogen) atoms. The first-order chi connectivity index (χ1) is 11.1. The van der Waals surface area contributed by atoms with Crippen LogP contribution in [0.25, 0.3) is 10.9 Å². The summed E-state index contributed by atoms with van der Waals surface area (Å²) in [6.07, 6.45) is 0.864. The van der Waals surface area contributed by atoms with Crippen LogP contribution in [0.3, 0.4) is 0 Å². The molecule has 0 saturated heterocycles. The number of halogens is 1. The third-order valence-corrected chi connectivity index (χ3v) is 4.49. The van der Waals surface area contributed by atoms with Crippen LogP contribution in [0, 0.1) is 12.7 Å². The average molecular weight is 330 g/mol. The molecule has 3 aromatic rings. The van der Waals surface area contributed by atoms with E-state index < -0.39 is 5.97 Å². The van der Waals surface area contributed by atoms with Gasteiger partial charge in [0.1, 0.15) is 12.4 Å². The third kappa shape index (κ3) is 3.37. The van der Waals surface area contributed by atoms with Gasteiger partial charge in [0.25, 0.3) is 0 Å². The first kappa shape index (κ1) is 15.6. The first-order valence-electron chi connectivity index (χ1n) is 7.24. The number of thiazole rings is 1. The molecule has 0 fully saturated rings. The zero-order valence-corrected chi connectivity index (χ0v) is 13.6. The lowest BCUT2D eigenvalue weighted by Gasteiger charge is -2.07. The second-order valence-electron chi connectivity index (χ2n) is 5.12. The number of hydrogen-bond acceptors (Lipinski definition) is 5. The predicted octanol–water partition coefficient (Wildman–Crippen LogP) is 4.06. The summed E-state index contributed by atoms with van der Waals surface area (Å²) in [4.78, 5) is 20.9. The van der Waals surface area contributed by atoms with E-state index in [0.717, 1.165) is 17.1 Å². The van der Waals surface area contributed by atoms with Crippen molar-refractivity contribution in [1.29, 1.82) is 0 Å². The molecule has 0 aliphatic heterocycles. The highest BCUT2D eigenvalue weighted by Gasteiger charge is 2.14. The molecule has 2 heterocycles. The van der Waals surface area contributed by atoms with Crippen LogP contribution in [0.15, 0.2) is 29.6 Å². The summed E-state index contributed by atoms with van der Waals surface area (Å²) in [5.41, 5.74) is 2.16. The van der Waals surface area contributed by atoms with Crippen LogP contribution in [0.5, 0.6) is 0 Å². The monoisotopic (exact) mass is 330 g/mol. The fraction of sp³-hybridized carbons (Fsp3) is 0.235. The van der Waals surface area contributed by atoms with Gasteiger partial charge in [0, 0.05) is 16.8 Å². The predicted molar refractivity (Wildman–Crippen MR) is 87.0 cm³/mol. The average Bonchev–Trinajstić information content (AvgIpc) is 3.00. The number of aromatic nitrogens is 2. The van der Waals surface area contributed by atoms with E-state index in [1.165, 1.54) is 12.1 Å². The molecule has 0 aliphatic rings. The molecule has 0 N–H and O–H groups in total. The lowest BCUT2D eigenvalue weighted by atomic mass is 10.1. The molecular formula is C17H15FN2O2S. The van der Waals surface area contributed by atoms with Gasteiger partial charge >= 0.3 is 5.97 Å². The van der Waals surface area contributed by atoms with Gasteiger partial charge in [-0.25, -0.2) is 14.2 Å². The number of fused-ring (bicyclic) bond motifs is 1. The fourth-order valence-corrected chi connectivity index (χ4v) is 2.97. The van der Waals surface area contributed by atoms with Crippen LogP contribution in [0.4, 0.5) is 4.39 Å². The molecule has 118 valence electrons. The summed E-state index contributed by atoms with van der Waals surface area (Å²) in [5.74, 6) is -0.803. The molecule has 2 aromatic heterocycles. The van der Waals surface area contributed by atoms with Crippen molar-refractivity contribution in [2.45, 2.75) is 26.9 Å². The maximum absolute atomic E-state index is 13.2. The quantitative estimate of drug-likeness (QED) is 0.677. The molecule has 0 radical (unpaired) electrons. The Labute approximate surface area is 137 Å². The van der Waals surface area contributed by atoms with Crippen LogP contribution in [-0.4, -0.2) is 15.9 Å². The lowest BCUT2D eigenvalue weighted by Crippen LogP contribution is -2.08. The van der Waals surface area contributed by atoms with Gasteiger partial charge in [-0.05, 0) is 31.5 Å². The van der Waals surface area contributed by atoms with E-state index >= 15 is 0 Å². The van der Waals surface area contributed by atoms with E-state index in [1.807, 2.05) is 12.3 Å². The second-order valence-corrected chi connectivity index (χ2v) is 6.06. The third-order valence-electron chi connectivity index (χ3n) is 3.44. The van der Waals surface area contributed by atoms with E-state index in [4.69, 9.17) is 4.74 Å². The smallest absolute Gasteiger partial charge is 0.340 e. The number of esters is 1. The van der Waals surface area contributed by atoms with Crippen molar-refractivity contribution in [3.63, 3.8) is 0 Å². The highest BCUT2D eigenvalue weighted by atomic mass is 32.1. The molecule has 0 atom stereocenters. The molecule has 0 spiro atoms. The van der Waals surface area contributed by atoms with Gasteiger partial charge in [0.05, 0.1) is 27.5 Å². The SMILES string of the molecule is CCc1nc(COC(=O)c2cc3ccc(F)cc3nc2C)cs1. The zero-order valence-electron chi connectivity index (χ0n) is 12.8. The highest BCUT2D eigenvalue weighted by Crippen LogP contribution is 2.19. The maximum atomic E-state index is 13.2. The van der Waals surface area contributed by atoms with Crippen molar-refractivity contribution in [2.75, 3.05) is 0 Å². The number of carbonyl (C=O) groups is 1. The Morgan fingerprint density at radius 2 is 2.13 bits per heavy atom. The van der Waals surface area contributed by atoms with Crippen LogP contribution >= 0.6 is 11.3 Å². The van der Waals surface area contributed by atoms with Gasteiger partial charge in [-0.15, -0.1) is 11.3 Å². The van der Waals surface area contributed by atoms with Crippen molar-refractivity contribution in [3.05, 3.63) is 57.4 Å². The Morgan fingerprint density at radius 3 is 2.87 bits per heavy atom. The highest BCUT2D eigenvalue weighted by molar-refractivity contribution is 7.09. The van der Waals surface area contributed by atoms with Gasteiger partial charge in [-0.3, -0.25) is 4.98 Å². The Kier molecular flexibility index (Phi) is 4.34. The number of aryl methyl sites for hydroxylation is 2. The number of pyridine rings is 1. The molecule has 0 amide bonds. The Bertz CT molecular complexity index is 876. The standard InChI is InChI=1S/C17H15FN2O2S/c1-3-16-20-13(9-23-16)8-22-17(21)14-6-11-4-5-12(18)7-15(11)19-10(14)2/h4-7,9H,3,8H2,1-2H3. The van der Waals surface area contributed by atoms with E-state index in [0.29, 0.717) is 22.2 Å². The number of benzene rings is 1. The van der Waals surface area contributed by atoms with E-state index in [2.05, 4.69) is 9.97 Å². The molecule has 0 bridgehead atoms. The molecule has 0 aliphatic carbocycles. The van der Waals surface area contributed by atoms with Gasteiger partial charge in [-0.2, -0.15) is 0 Å². The largest absolute Gasteiger partial charge is 0.455 e. The Morgan fingerprint density at radius 1 is 1.30 bits per heavy atom. The van der Waals surface area contributed by atoms with Crippen LogP contribution in [0.1, 0.15) is 33.7 Å². The molecule has 1 aromatic carbocycles. The van der Waals surface area contributed by atoms with Crippen molar-refractivity contribution < 1.29 is 13.9 Å². The minimum atomic E-state index is -0.452. The minimum absolute atomic E-state index is 0.135. The van der Waals surface area contributed by atoms with Crippen molar-refractivity contribution >= 4 is 28.2 Å². The number of nitrogens with zero attached hydrogens (tertiary/aromatic N) is 2. The molecular weight excluding hydrogens is 315 g/mol. The number of carbonyl (C=O) groups excluding carboxylic acids is 1. The number of ether oxygens (including phenoxy) is 1. The Balaban J connectivity index is 1.80. The molecule has 3 rings (SSSR count). The first-order valence-corrected chi connectivity index (χ1v) is 8.12. The molecule has 6 heteroatoms. The van der Waals surface area contributed by atoms with E-state index in [9.17, 15) is 9.18 Å². The molecule has 0 saturated carbocycles. The van der Waals surface area contributed by atoms with Gasteiger partial charge < -0.3 is 4.74 Å². The maximum Gasteiger partial charge on any atom is 0.340 e. The van der Waals surface area contributed by atoms with Gasteiger partial charge in [0.15, 0.2) is 0 Å². The topological polar surface area (TPSA) is 52.1 Å². The zero-order chi connectivity index (χ0) is 16.4. The van der Waals surface area contributed by atoms with Crippen LogP contribution in [0.2, 0.25) is 0 Å². The fourth-order valence-electron chi connectivity index (χ4n) is 2.24. The van der Waals surface area contributed by atoms with Gasteiger partial charge in [0.2, 0.25) is 0 Å².